The lowest BCUT2D eigenvalue weighted by atomic mass is 9.75. The van der Waals surface area contributed by atoms with E-state index in [0.717, 1.165) is 48.3 Å². The third kappa shape index (κ3) is 3.59. The molecule has 1 saturated heterocycles. The Bertz CT molecular complexity index is 983. The molecule has 30 heavy (non-hydrogen) atoms. The van der Waals surface area contributed by atoms with Gasteiger partial charge in [0.05, 0.1) is 30.3 Å². The highest BCUT2D eigenvalue weighted by Gasteiger charge is 2.48. The first-order valence-corrected chi connectivity index (χ1v) is 10.8. The van der Waals surface area contributed by atoms with E-state index in [0.29, 0.717) is 31.2 Å². The number of hydrogen-bond donors (Lipinski definition) is 0. The van der Waals surface area contributed by atoms with Gasteiger partial charge in [-0.25, -0.2) is 4.79 Å². The minimum atomic E-state index is -0.731. The number of anilines is 1. The summed E-state index contributed by atoms with van der Waals surface area (Å²) in [6.45, 7) is 1.29. The standard InChI is InChI=1S/C23H23ClN2O4/c24-16-5-3-15(4-6-16)12-21(27)23(13-29-14-23)20-10-9-19-18(25-20)2-1-11-26(19)22(28)30-17-7-8-17/h3-6,9-10,17H,1-2,7-8,11-14H2. The summed E-state index contributed by atoms with van der Waals surface area (Å²) in [6.07, 6.45) is 3.57. The van der Waals surface area contributed by atoms with Gasteiger partial charge in [-0.3, -0.25) is 14.7 Å². The summed E-state index contributed by atoms with van der Waals surface area (Å²) in [5.74, 6) is 0.0873. The number of benzene rings is 1. The summed E-state index contributed by atoms with van der Waals surface area (Å²) in [4.78, 5) is 32.2. The molecule has 2 aliphatic heterocycles. The fourth-order valence-electron chi connectivity index (χ4n) is 4.01. The van der Waals surface area contributed by atoms with Crippen molar-refractivity contribution in [2.24, 2.45) is 0 Å². The van der Waals surface area contributed by atoms with E-state index >= 15 is 0 Å². The van der Waals surface area contributed by atoms with E-state index in [1.165, 1.54) is 0 Å². The maximum Gasteiger partial charge on any atom is 0.414 e. The molecule has 5 rings (SSSR count). The Balaban J connectivity index is 1.39. The normalized spacial score (nSPS) is 19.6. The number of pyridine rings is 1. The van der Waals surface area contributed by atoms with Crippen LogP contribution in [0.25, 0.3) is 0 Å². The molecule has 6 nitrogen and oxygen atoms in total. The Kier molecular flexibility index (Phi) is 4.99. The Morgan fingerprint density at radius 1 is 1.17 bits per heavy atom. The third-order valence-electron chi connectivity index (χ3n) is 6.05. The van der Waals surface area contributed by atoms with E-state index in [2.05, 4.69) is 0 Å². The first kappa shape index (κ1) is 19.5. The van der Waals surface area contributed by atoms with Crippen LogP contribution in [0.1, 0.15) is 36.2 Å². The Morgan fingerprint density at radius 3 is 2.60 bits per heavy atom. The number of ketones is 1. The smallest absolute Gasteiger partial charge is 0.414 e. The Labute approximate surface area is 180 Å². The van der Waals surface area contributed by atoms with Gasteiger partial charge in [-0.1, -0.05) is 23.7 Å². The molecule has 0 atom stereocenters. The summed E-state index contributed by atoms with van der Waals surface area (Å²) in [5, 5.41) is 0.647. The zero-order valence-electron chi connectivity index (χ0n) is 16.6. The Morgan fingerprint density at radius 2 is 1.93 bits per heavy atom. The van der Waals surface area contributed by atoms with Crippen LogP contribution in [0.3, 0.4) is 0 Å². The molecule has 1 saturated carbocycles. The van der Waals surface area contributed by atoms with Crippen LogP contribution in [0.15, 0.2) is 36.4 Å². The van der Waals surface area contributed by atoms with E-state index in [1.807, 2.05) is 24.3 Å². The van der Waals surface area contributed by atoms with Gasteiger partial charge < -0.3 is 9.47 Å². The summed E-state index contributed by atoms with van der Waals surface area (Å²) < 4.78 is 10.9. The van der Waals surface area contributed by atoms with E-state index < -0.39 is 5.41 Å². The first-order chi connectivity index (χ1) is 14.5. The lowest BCUT2D eigenvalue weighted by Crippen LogP contribution is -2.54. The molecule has 1 aromatic carbocycles. The highest BCUT2D eigenvalue weighted by molar-refractivity contribution is 6.30. The molecule has 0 spiro atoms. The number of carbonyl (C=O) groups excluding carboxylic acids is 2. The number of rotatable bonds is 5. The lowest BCUT2D eigenvalue weighted by molar-refractivity contribution is -0.142. The van der Waals surface area contributed by atoms with Crippen LogP contribution in [-0.4, -0.2) is 42.7 Å². The van der Waals surface area contributed by atoms with Crippen LogP contribution in [0, 0.1) is 0 Å². The molecule has 1 amide bonds. The van der Waals surface area contributed by atoms with E-state index in [9.17, 15) is 9.59 Å². The second kappa shape index (κ2) is 7.67. The summed E-state index contributed by atoms with van der Waals surface area (Å²) in [5.41, 5.74) is 2.55. The minimum Gasteiger partial charge on any atom is -0.446 e. The predicted molar refractivity (Wildman–Crippen MR) is 112 cm³/mol. The average molecular weight is 427 g/mol. The van der Waals surface area contributed by atoms with Crippen molar-refractivity contribution in [2.45, 2.75) is 43.6 Å². The number of aromatic nitrogens is 1. The SMILES string of the molecule is O=C(OC1CC1)N1CCCc2nc(C3(C(=O)Cc4ccc(Cl)cc4)COC3)ccc21. The molecule has 3 heterocycles. The zero-order chi connectivity index (χ0) is 20.7. The van der Waals surface area contributed by atoms with Gasteiger partial charge in [-0.2, -0.15) is 0 Å². The van der Waals surface area contributed by atoms with E-state index in [-0.39, 0.29) is 18.0 Å². The molecule has 0 bridgehead atoms. The number of fused-ring (bicyclic) bond motifs is 1. The maximum atomic E-state index is 13.2. The number of halogens is 1. The molecule has 3 aliphatic rings. The van der Waals surface area contributed by atoms with Gasteiger partial charge in [0, 0.05) is 18.0 Å². The van der Waals surface area contributed by atoms with Gasteiger partial charge in [-0.15, -0.1) is 0 Å². The van der Waals surface area contributed by atoms with Gasteiger partial charge in [0.1, 0.15) is 11.5 Å². The molecule has 7 heteroatoms. The number of nitrogens with zero attached hydrogens (tertiary/aromatic N) is 2. The number of ether oxygens (including phenoxy) is 2. The van der Waals surface area contributed by atoms with Crippen molar-refractivity contribution in [1.29, 1.82) is 0 Å². The number of carbonyl (C=O) groups is 2. The number of Topliss-reactive ketones (excluding diaryl/α,β-unsaturated/α-hetero) is 1. The molecule has 1 aromatic heterocycles. The minimum absolute atomic E-state index is 0.0657. The number of aryl methyl sites for hydroxylation is 1. The predicted octanol–water partition coefficient (Wildman–Crippen LogP) is 3.87. The molecule has 1 aliphatic carbocycles. The van der Waals surface area contributed by atoms with Crippen molar-refractivity contribution in [2.75, 3.05) is 24.7 Å². The van der Waals surface area contributed by atoms with Gasteiger partial charge in [0.25, 0.3) is 0 Å². The fourth-order valence-corrected chi connectivity index (χ4v) is 4.14. The highest BCUT2D eigenvalue weighted by atomic mass is 35.5. The van der Waals surface area contributed by atoms with Crippen LogP contribution in [0.4, 0.5) is 10.5 Å². The summed E-state index contributed by atoms with van der Waals surface area (Å²) in [7, 11) is 0. The van der Waals surface area contributed by atoms with Gasteiger partial charge in [0.2, 0.25) is 0 Å². The molecule has 0 unspecified atom stereocenters. The van der Waals surface area contributed by atoms with Gasteiger partial charge in [-0.05, 0) is 55.5 Å². The second-order valence-electron chi connectivity index (χ2n) is 8.30. The van der Waals surface area contributed by atoms with Gasteiger partial charge >= 0.3 is 6.09 Å². The monoisotopic (exact) mass is 426 g/mol. The second-order valence-corrected chi connectivity index (χ2v) is 8.74. The molecule has 2 aromatic rings. The van der Waals surface area contributed by atoms with Crippen molar-refractivity contribution >= 4 is 29.2 Å². The number of amides is 1. The van der Waals surface area contributed by atoms with Crippen molar-refractivity contribution in [3.05, 3.63) is 58.4 Å². The van der Waals surface area contributed by atoms with Crippen LogP contribution >= 0.6 is 11.6 Å². The van der Waals surface area contributed by atoms with Crippen molar-refractivity contribution in [3.8, 4) is 0 Å². The van der Waals surface area contributed by atoms with E-state index in [4.69, 9.17) is 26.1 Å². The van der Waals surface area contributed by atoms with Crippen molar-refractivity contribution in [3.63, 3.8) is 0 Å². The molecule has 0 N–H and O–H groups in total. The number of hydrogen-bond acceptors (Lipinski definition) is 5. The molecule has 0 radical (unpaired) electrons. The molecular weight excluding hydrogens is 404 g/mol. The molecular formula is C23H23ClN2O4. The van der Waals surface area contributed by atoms with Crippen LogP contribution in [0.2, 0.25) is 5.02 Å². The zero-order valence-corrected chi connectivity index (χ0v) is 17.4. The quantitative estimate of drug-likeness (QED) is 0.726. The van der Waals surface area contributed by atoms with Crippen molar-refractivity contribution in [1.82, 2.24) is 4.98 Å². The lowest BCUT2D eigenvalue weighted by Gasteiger charge is -2.40. The highest BCUT2D eigenvalue weighted by Crippen LogP contribution is 2.37. The largest absolute Gasteiger partial charge is 0.446 e. The van der Waals surface area contributed by atoms with E-state index in [1.54, 1.807) is 17.0 Å². The fraction of sp³-hybridized carbons (Fsp3) is 0.435. The summed E-state index contributed by atoms with van der Waals surface area (Å²) >= 11 is 5.95. The first-order valence-electron chi connectivity index (χ1n) is 10.4. The van der Waals surface area contributed by atoms with Gasteiger partial charge in [0.15, 0.2) is 5.78 Å². The molecule has 2 fully saturated rings. The van der Waals surface area contributed by atoms with Crippen LogP contribution in [-0.2, 0) is 32.5 Å². The third-order valence-corrected chi connectivity index (χ3v) is 6.30. The van der Waals surface area contributed by atoms with Crippen LogP contribution < -0.4 is 4.90 Å². The maximum absolute atomic E-state index is 13.2. The topological polar surface area (TPSA) is 68.7 Å². The average Bonchev–Trinajstić information content (AvgIpc) is 3.52. The summed E-state index contributed by atoms with van der Waals surface area (Å²) in [6, 6.07) is 11.1. The molecule has 156 valence electrons. The van der Waals surface area contributed by atoms with Crippen LogP contribution in [0.5, 0.6) is 0 Å². The van der Waals surface area contributed by atoms with Crippen molar-refractivity contribution < 1.29 is 19.1 Å². The Hall–Kier alpha value is -2.44.